The number of thioether (sulfide) groups is 1. The lowest BCUT2D eigenvalue weighted by Gasteiger charge is -2.15. The zero-order valence-electron chi connectivity index (χ0n) is 21.3. The van der Waals surface area contributed by atoms with Gasteiger partial charge in [-0.1, -0.05) is 30.0 Å². The first kappa shape index (κ1) is 25.8. The second kappa shape index (κ2) is 12.1. The number of nitrogens with one attached hydrogen (secondary N) is 1. The Labute approximate surface area is 224 Å². The molecule has 0 aliphatic carbocycles. The van der Waals surface area contributed by atoms with Crippen molar-refractivity contribution < 1.29 is 23.7 Å². The highest BCUT2D eigenvalue weighted by atomic mass is 32.2. The van der Waals surface area contributed by atoms with Gasteiger partial charge in [-0.2, -0.15) is 0 Å². The van der Waals surface area contributed by atoms with Gasteiger partial charge in [-0.3, -0.25) is 9.78 Å². The molecular formula is C27H29N5O5S. The molecule has 1 aliphatic rings. The standard InChI is InChI=1S/C27H29N5O5S/c1-34-19-10-11-22(35-2)21(14-19)29-25(33)17-38-27-31-30-24(32(27)15-20-8-5-13-36-20)16-37-23-9-3-6-18-7-4-12-28-26(18)23/h3-4,6-7,9-12,14,20H,5,8,13,15-17H2,1-2H3,(H,29,33)/t20-/m0/s1. The van der Waals surface area contributed by atoms with Gasteiger partial charge in [0.15, 0.2) is 11.0 Å². The Bertz CT molecular complexity index is 1400. The quantitative estimate of drug-likeness (QED) is 0.281. The highest BCUT2D eigenvalue weighted by Gasteiger charge is 2.22. The number of anilines is 1. The van der Waals surface area contributed by atoms with Crippen molar-refractivity contribution in [2.24, 2.45) is 0 Å². The summed E-state index contributed by atoms with van der Waals surface area (Å²) in [6.07, 6.45) is 3.80. The minimum atomic E-state index is -0.201. The number of pyridine rings is 1. The van der Waals surface area contributed by atoms with Crippen molar-refractivity contribution in [3.05, 3.63) is 60.6 Å². The molecule has 2 aromatic carbocycles. The predicted octanol–water partition coefficient (Wildman–Crippen LogP) is 4.33. The zero-order chi connectivity index (χ0) is 26.3. The summed E-state index contributed by atoms with van der Waals surface area (Å²) in [5.41, 5.74) is 1.33. The van der Waals surface area contributed by atoms with Gasteiger partial charge in [0.1, 0.15) is 29.4 Å². The van der Waals surface area contributed by atoms with Crippen LogP contribution in [0.25, 0.3) is 10.9 Å². The summed E-state index contributed by atoms with van der Waals surface area (Å²) in [5, 5.41) is 13.3. The summed E-state index contributed by atoms with van der Waals surface area (Å²) >= 11 is 1.31. The summed E-state index contributed by atoms with van der Waals surface area (Å²) in [4.78, 5) is 17.3. The lowest BCUT2D eigenvalue weighted by Crippen LogP contribution is -2.20. The first-order valence-electron chi connectivity index (χ1n) is 12.3. The molecule has 11 heteroatoms. The second-order valence-corrected chi connectivity index (χ2v) is 9.61. The molecule has 0 radical (unpaired) electrons. The Morgan fingerprint density at radius 1 is 1.13 bits per heavy atom. The molecule has 0 bridgehead atoms. The minimum absolute atomic E-state index is 0.0678. The van der Waals surface area contributed by atoms with E-state index in [9.17, 15) is 4.79 Å². The molecule has 0 unspecified atom stereocenters. The van der Waals surface area contributed by atoms with E-state index in [1.165, 1.54) is 11.8 Å². The van der Waals surface area contributed by atoms with Crippen molar-refractivity contribution >= 4 is 34.3 Å². The molecule has 3 heterocycles. The summed E-state index contributed by atoms with van der Waals surface area (Å²) < 4.78 is 24.6. The molecule has 1 atom stereocenters. The second-order valence-electron chi connectivity index (χ2n) is 8.67. The third kappa shape index (κ3) is 6.00. The van der Waals surface area contributed by atoms with Gasteiger partial charge in [-0.25, -0.2) is 0 Å². The van der Waals surface area contributed by atoms with Gasteiger partial charge in [0, 0.05) is 24.3 Å². The molecule has 4 aromatic rings. The normalized spacial score (nSPS) is 14.9. The summed E-state index contributed by atoms with van der Waals surface area (Å²) in [5.74, 6) is 2.44. The van der Waals surface area contributed by atoms with Crippen LogP contribution < -0.4 is 19.5 Å². The molecule has 10 nitrogen and oxygen atoms in total. The Morgan fingerprint density at radius 3 is 2.84 bits per heavy atom. The smallest absolute Gasteiger partial charge is 0.234 e. The first-order chi connectivity index (χ1) is 18.6. The third-order valence-electron chi connectivity index (χ3n) is 6.17. The highest BCUT2D eigenvalue weighted by molar-refractivity contribution is 7.99. The van der Waals surface area contributed by atoms with Crippen LogP contribution in [0.1, 0.15) is 18.7 Å². The molecule has 2 aromatic heterocycles. The number of amides is 1. The van der Waals surface area contributed by atoms with Gasteiger partial charge in [0.25, 0.3) is 0 Å². The van der Waals surface area contributed by atoms with E-state index in [0.29, 0.717) is 40.5 Å². The lowest BCUT2D eigenvalue weighted by atomic mass is 10.2. The molecular weight excluding hydrogens is 506 g/mol. The molecule has 5 rings (SSSR count). The van der Waals surface area contributed by atoms with Crippen molar-refractivity contribution in [1.82, 2.24) is 19.7 Å². The van der Waals surface area contributed by atoms with Crippen LogP contribution in [0, 0.1) is 0 Å². The van der Waals surface area contributed by atoms with E-state index in [-0.39, 0.29) is 24.4 Å². The number of fused-ring (bicyclic) bond motifs is 1. The number of rotatable bonds is 11. The van der Waals surface area contributed by atoms with Crippen LogP contribution in [-0.2, 0) is 22.7 Å². The number of nitrogens with zero attached hydrogens (tertiary/aromatic N) is 4. The van der Waals surface area contributed by atoms with Gasteiger partial charge >= 0.3 is 0 Å². The van der Waals surface area contributed by atoms with Crippen molar-refractivity contribution in [1.29, 1.82) is 0 Å². The summed E-state index contributed by atoms with van der Waals surface area (Å²) in [6, 6.07) is 15.0. The SMILES string of the molecule is COc1ccc(OC)c(NC(=O)CSc2nnc(COc3cccc4cccnc34)n2C[C@@H]2CCCO2)c1. The van der Waals surface area contributed by atoms with Crippen LogP contribution in [0.4, 0.5) is 5.69 Å². The van der Waals surface area contributed by atoms with Gasteiger partial charge in [0.05, 0.1) is 38.3 Å². The Kier molecular flexibility index (Phi) is 8.25. The Balaban J connectivity index is 1.29. The number of hydrogen-bond donors (Lipinski definition) is 1. The van der Waals surface area contributed by atoms with Crippen molar-refractivity contribution in [3.63, 3.8) is 0 Å². The lowest BCUT2D eigenvalue weighted by molar-refractivity contribution is -0.113. The van der Waals surface area contributed by atoms with Crippen LogP contribution in [0.15, 0.2) is 59.9 Å². The van der Waals surface area contributed by atoms with E-state index >= 15 is 0 Å². The van der Waals surface area contributed by atoms with Gasteiger partial charge in [-0.05, 0) is 37.1 Å². The number of methoxy groups -OCH3 is 2. The molecule has 1 N–H and O–H groups in total. The maximum absolute atomic E-state index is 12.8. The maximum Gasteiger partial charge on any atom is 0.234 e. The largest absolute Gasteiger partial charge is 0.497 e. The number of carbonyl (C=O) groups excluding carboxylic acids is 1. The van der Waals surface area contributed by atoms with Gasteiger partial charge in [-0.15, -0.1) is 10.2 Å². The summed E-state index contributed by atoms with van der Waals surface area (Å²) in [7, 11) is 3.12. The van der Waals surface area contributed by atoms with Crippen LogP contribution in [0.2, 0.25) is 0 Å². The fourth-order valence-corrected chi connectivity index (χ4v) is 5.04. The number of hydrogen-bond acceptors (Lipinski definition) is 9. The maximum atomic E-state index is 12.8. The number of ether oxygens (including phenoxy) is 4. The molecule has 1 amide bonds. The fraction of sp³-hybridized carbons (Fsp3) is 0.333. The highest BCUT2D eigenvalue weighted by Crippen LogP contribution is 2.30. The van der Waals surface area contributed by atoms with E-state index in [2.05, 4.69) is 20.5 Å². The number of carbonyl (C=O) groups is 1. The molecule has 1 fully saturated rings. The van der Waals surface area contributed by atoms with E-state index < -0.39 is 0 Å². The van der Waals surface area contributed by atoms with E-state index in [0.717, 1.165) is 30.4 Å². The van der Waals surface area contributed by atoms with Crippen molar-refractivity contribution in [2.75, 3.05) is 31.9 Å². The monoisotopic (exact) mass is 535 g/mol. The molecule has 0 spiro atoms. The van der Waals surface area contributed by atoms with Crippen LogP contribution >= 0.6 is 11.8 Å². The van der Waals surface area contributed by atoms with E-state index in [1.54, 1.807) is 38.6 Å². The topological polar surface area (TPSA) is 110 Å². The molecule has 38 heavy (non-hydrogen) atoms. The van der Waals surface area contributed by atoms with Crippen molar-refractivity contribution in [3.8, 4) is 17.2 Å². The molecule has 1 saturated heterocycles. The third-order valence-corrected chi connectivity index (χ3v) is 7.14. The predicted molar refractivity (Wildman–Crippen MR) is 144 cm³/mol. The molecule has 0 saturated carbocycles. The molecule has 1 aliphatic heterocycles. The van der Waals surface area contributed by atoms with Crippen LogP contribution in [-0.4, -0.2) is 58.3 Å². The van der Waals surface area contributed by atoms with E-state index in [4.69, 9.17) is 18.9 Å². The number of benzene rings is 2. The summed E-state index contributed by atoms with van der Waals surface area (Å²) in [6.45, 7) is 1.55. The van der Waals surface area contributed by atoms with Crippen LogP contribution in [0.5, 0.6) is 17.2 Å². The fourth-order valence-electron chi connectivity index (χ4n) is 4.27. The van der Waals surface area contributed by atoms with E-state index in [1.807, 2.05) is 34.9 Å². The zero-order valence-corrected chi connectivity index (χ0v) is 22.1. The Hall–Kier alpha value is -3.83. The van der Waals surface area contributed by atoms with Crippen LogP contribution in [0.3, 0.4) is 0 Å². The first-order valence-corrected chi connectivity index (χ1v) is 13.3. The Morgan fingerprint density at radius 2 is 2.03 bits per heavy atom. The average molecular weight is 536 g/mol. The molecule has 198 valence electrons. The van der Waals surface area contributed by atoms with Crippen molar-refractivity contribution in [2.45, 2.75) is 37.3 Å². The number of para-hydroxylation sites is 1. The number of aromatic nitrogens is 4. The minimum Gasteiger partial charge on any atom is -0.497 e. The average Bonchev–Trinajstić information content (AvgIpc) is 3.61. The van der Waals surface area contributed by atoms with Gasteiger partial charge < -0.3 is 28.8 Å². The van der Waals surface area contributed by atoms with Gasteiger partial charge in [0.2, 0.25) is 5.91 Å².